The van der Waals surface area contributed by atoms with E-state index in [2.05, 4.69) is 15.2 Å². The lowest BCUT2D eigenvalue weighted by Gasteiger charge is -2.00. The first-order valence-corrected chi connectivity index (χ1v) is 5.83. The molecule has 1 heterocycles. The molecule has 0 saturated carbocycles. The third-order valence-electron chi connectivity index (χ3n) is 2.39. The van der Waals surface area contributed by atoms with Crippen LogP contribution in [0.25, 0.3) is 0 Å². The highest BCUT2D eigenvalue weighted by Gasteiger charge is 2.10. The molecule has 1 aromatic carbocycles. The smallest absolute Gasteiger partial charge is 0.337 e. The van der Waals surface area contributed by atoms with E-state index >= 15 is 0 Å². The van der Waals surface area contributed by atoms with Crippen LogP contribution in [0.4, 0.5) is 17.2 Å². The third kappa shape index (κ3) is 3.15. The second-order valence-electron chi connectivity index (χ2n) is 3.84. The van der Waals surface area contributed by atoms with E-state index in [9.17, 15) is 14.4 Å². The van der Waals surface area contributed by atoms with Crippen LogP contribution >= 0.6 is 11.6 Å². The van der Waals surface area contributed by atoms with E-state index in [-0.39, 0.29) is 27.8 Å². The molecule has 1 aromatic heterocycles. The van der Waals surface area contributed by atoms with Gasteiger partial charge in [0.1, 0.15) is 5.82 Å². The number of benzene rings is 1. The Morgan fingerprint density at radius 1 is 1.24 bits per heavy atom. The molecule has 5 N–H and O–H groups in total. The summed E-state index contributed by atoms with van der Waals surface area (Å²) < 4.78 is 0. The minimum atomic E-state index is -1.22. The fourth-order valence-electron chi connectivity index (χ4n) is 1.44. The van der Waals surface area contributed by atoms with E-state index in [1.807, 2.05) is 4.98 Å². The summed E-state index contributed by atoms with van der Waals surface area (Å²) >= 11 is 5.71. The molecule has 0 unspecified atom stereocenters. The number of nitrogen functional groups attached to an aromatic ring is 1. The lowest BCUT2D eigenvalue weighted by atomic mass is 10.2. The second-order valence-corrected chi connectivity index (χ2v) is 4.25. The standard InChI is InChI=1S/C11H8ClN5O4/c12-6-2-1-4(3-5(6)10(19)20)16-17-7-8(13)14-11(21)15-9(7)18/h1-3H,(H,19,20)(H4,13,14,15,18,21). The predicted octanol–water partition coefficient (Wildman–Crippen LogP) is 1.41. The lowest BCUT2D eigenvalue weighted by molar-refractivity contribution is 0.0697. The van der Waals surface area contributed by atoms with Crippen LogP contribution in [0.3, 0.4) is 0 Å². The van der Waals surface area contributed by atoms with Gasteiger partial charge in [-0.1, -0.05) is 11.6 Å². The molecule has 21 heavy (non-hydrogen) atoms. The number of halogens is 1. The van der Waals surface area contributed by atoms with Crippen molar-refractivity contribution in [1.82, 2.24) is 9.97 Å². The molecule has 2 aromatic rings. The van der Waals surface area contributed by atoms with E-state index in [1.54, 1.807) is 0 Å². The Hall–Kier alpha value is -2.94. The van der Waals surface area contributed by atoms with Crippen LogP contribution < -0.4 is 17.0 Å². The SMILES string of the molecule is Nc1[nH]c(=O)[nH]c(=O)c1N=Nc1ccc(Cl)c(C(=O)O)c1. The van der Waals surface area contributed by atoms with Gasteiger partial charge in [0.15, 0.2) is 5.69 Å². The van der Waals surface area contributed by atoms with E-state index in [0.29, 0.717) is 0 Å². The van der Waals surface area contributed by atoms with Gasteiger partial charge in [-0.05, 0) is 18.2 Å². The van der Waals surface area contributed by atoms with Gasteiger partial charge in [-0.3, -0.25) is 14.8 Å². The zero-order valence-corrected chi connectivity index (χ0v) is 11.0. The molecule has 2 rings (SSSR count). The number of carboxylic acid groups (broad SMARTS) is 1. The zero-order valence-electron chi connectivity index (χ0n) is 10.3. The largest absolute Gasteiger partial charge is 0.478 e. The highest BCUT2D eigenvalue weighted by atomic mass is 35.5. The summed E-state index contributed by atoms with van der Waals surface area (Å²) in [6, 6.07) is 3.93. The summed E-state index contributed by atoms with van der Waals surface area (Å²) in [5.74, 6) is -1.47. The fraction of sp³-hybridized carbons (Fsp3) is 0. The number of nitrogens with zero attached hydrogens (tertiary/aromatic N) is 2. The molecule has 0 radical (unpaired) electrons. The number of aromatic carboxylic acids is 1. The number of azo groups is 1. The van der Waals surface area contributed by atoms with Crippen LogP contribution in [0.5, 0.6) is 0 Å². The van der Waals surface area contributed by atoms with Gasteiger partial charge >= 0.3 is 11.7 Å². The molecule has 10 heteroatoms. The lowest BCUT2D eigenvalue weighted by Crippen LogP contribution is -2.23. The summed E-state index contributed by atoms with van der Waals surface area (Å²) in [5, 5.41) is 16.3. The average Bonchev–Trinajstić information content (AvgIpc) is 2.38. The number of anilines is 1. The van der Waals surface area contributed by atoms with Crippen LogP contribution in [0.15, 0.2) is 38.0 Å². The Morgan fingerprint density at radius 2 is 1.95 bits per heavy atom. The predicted molar refractivity (Wildman–Crippen MR) is 74.7 cm³/mol. The number of aromatic nitrogens is 2. The monoisotopic (exact) mass is 309 g/mol. The van der Waals surface area contributed by atoms with Gasteiger partial charge in [-0.15, -0.1) is 5.11 Å². The summed E-state index contributed by atoms with van der Waals surface area (Å²) in [5.41, 5.74) is 3.57. The van der Waals surface area contributed by atoms with Crippen LogP contribution in [-0.4, -0.2) is 21.0 Å². The second kappa shape index (κ2) is 5.59. The third-order valence-corrected chi connectivity index (χ3v) is 2.72. The first-order chi connectivity index (χ1) is 9.88. The molecular weight excluding hydrogens is 302 g/mol. The number of aromatic amines is 2. The molecule has 0 bridgehead atoms. The Bertz CT molecular complexity index is 854. The highest BCUT2D eigenvalue weighted by Crippen LogP contribution is 2.24. The maximum Gasteiger partial charge on any atom is 0.337 e. The van der Waals surface area contributed by atoms with Gasteiger partial charge in [0, 0.05) is 0 Å². The molecular formula is C11H8ClN5O4. The maximum absolute atomic E-state index is 11.5. The first kappa shape index (κ1) is 14.5. The van der Waals surface area contributed by atoms with Crippen LogP contribution in [-0.2, 0) is 0 Å². The Balaban J connectivity index is 2.43. The van der Waals surface area contributed by atoms with Crippen molar-refractivity contribution in [3.63, 3.8) is 0 Å². The van der Waals surface area contributed by atoms with Crippen LogP contribution in [0.2, 0.25) is 5.02 Å². The van der Waals surface area contributed by atoms with Crippen molar-refractivity contribution in [2.24, 2.45) is 10.2 Å². The van der Waals surface area contributed by atoms with Gasteiger partial charge in [0.2, 0.25) is 0 Å². The van der Waals surface area contributed by atoms with Gasteiger partial charge in [0.25, 0.3) is 5.56 Å². The van der Waals surface area contributed by atoms with Crippen molar-refractivity contribution < 1.29 is 9.90 Å². The average molecular weight is 310 g/mol. The molecule has 0 aliphatic carbocycles. The highest BCUT2D eigenvalue weighted by molar-refractivity contribution is 6.33. The molecule has 0 fully saturated rings. The molecule has 0 atom stereocenters. The molecule has 0 spiro atoms. The van der Waals surface area contributed by atoms with E-state index in [1.165, 1.54) is 18.2 Å². The number of hydrogen-bond donors (Lipinski definition) is 4. The van der Waals surface area contributed by atoms with Crippen molar-refractivity contribution in [2.45, 2.75) is 0 Å². The van der Waals surface area contributed by atoms with E-state index in [0.717, 1.165) is 0 Å². The number of nitrogens with two attached hydrogens (primary N) is 1. The van der Waals surface area contributed by atoms with Gasteiger partial charge in [-0.2, -0.15) is 5.11 Å². The summed E-state index contributed by atoms with van der Waals surface area (Å²) in [6.45, 7) is 0. The number of rotatable bonds is 3. The molecule has 0 saturated heterocycles. The molecule has 0 aliphatic rings. The number of nitrogens with one attached hydrogen (secondary N) is 2. The zero-order chi connectivity index (χ0) is 15.6. The maximum atomic E-state index is 11.5. The van der Waals surface area contributed by atoms with Crippen molar-refractivity contribution in [3.8, 4) is 0 Å². The van der Waals surface area contributed by atoms with E-state index in [4.69, 9.17) is 22.4 Å². The Labute approximate surface area is 121 Å². The number of hydrogen-bond acceptors (Lipinski definition) is 6. The summed E-state index contributed by atoms with van der Waals surface area (Å²) in [4.78, 5) is 37.5. The minimum absolute atomic E-state index is 0.0443. The topological polar surface area (TPSA) is 154 Å². The number of H-pyrrole nitrogens is 2. The van der Waals surface area contributed by atoms with Gasteiger partial charge in [0.05, 0.1) is 16.3 Å². The van der Waals surface area contributed by atoms with Gasteiger partial charge in [-0.25, -0.2) is 9.59 Å². The Kier molecular flexibility index (Phi) is 3.85. The first-order valence-electron chi connectivity index (χ1n) is 5.45. The molecule has 0 amide bonds. The molecule has 9 nitrogen and oxygen atoms in total. The van der Waals surface area contributed by atoms with Crippen LogP contribution in [0.1, 0.15) is 10.4 Å². The van der Waals surface area contributed by atoms with Crippen LogP contribution in [0, 0.1) is 0 Å². The normalized spacial score (nSPS) is 10.9. The summed E-state index contributed by atoms with van der Waals surface area (Å²) in [6.07, 6.45) is 0. The van der Waals surface area contributed by atoms with Crippen molar-refractivity contribution in [2.75, 3.05) is 5.73 Å². The van der Waals surface area contributed by atoms with Gasteiger partial charge < -0.3 is 10.8 Å². The van der Waals surface area contributed by atoms with Crippen molar-refractivity contribution >= 4 is 34.8 Å². The minimum Gasteiger partial charge on any atom is -0.478 e. The quantitative estimate of drug-likeness (QED) is 0.631. The Morgan fingerprint density at radius 3 is 2.57 bits per heavy atom. The van der Waals surface area contributed by atoms with Crippen molar-refractivity contribution in [1.29, 1.82) is 0 Å². The van der Waals surface area contributed by atoms with E-state index < -0.39 is 17.2 Å². The summed E-state index contributed by atoms with van der Waals surface area (Å²) in [7, 11) is 0. The molecule has 0 aliphatic heterocycles. The fourth-order valence-corrected chi connectivity index (χ4v) is 1.64. The number of carboxylic acids is 1. The number of carbonyl (C=O) groups is 1. The molecule has 108 valence electrons. The van der Waals surface area contributed by atoms with Crippen molar-refractivity contribution in [3.05, 3.63) is 49.6 Å².